The maximum absolute atomic E-state index is 11.8. The first-order valence-corrected chi connectivity index (χ1v) is 4.38. The summed E-state index contributed by atoms with van der Waals surface area (Å²) >= 11 is 0. The highest BCUT2D eigenvalue weighted by Crippen LogP contribution is 2.30. The quantitative estimate of drug-likeness (QED) is 0.574. The Morgan fingerprint density at radius 2 is 1.12 bits per heavy atom. The maximum atomic E-state index is 11.8. The van der Waals surface area contributed by atoms with E-state index in [1.165, 1.54) is 6.92 Å². The van der Waals surface area contributed by atoms with Gasteiger partial charge >= 0.3 is 12.3 Å². The van der Waals surface area contributed by atoms with Crippen molar-refractivity contribution in [1.82, 2.24) is 0 Å². The van der Waals surface area contributed by atoms with E-state index in [2.05, 4.69) is 0 Å². The number of allylic oxidation sites excluding steroid dienone is 3. The van der Waals surface area contributed by atoms with Crippen LogP contribution in [0.4, 0.5) is 35.1 Å². The molecule has 0 aliphatic heterocycles. The molecule has 0 fully saturated rings. The number of alkyl halides is 3. The Balaban J connectivity index is 0. The van der Waals surface area contributed by atoms with Crippen LogP contribution in [0.2, 0.25) is 0 Å². The Bertz CT molecular complexity index is 282. The van der Waals surface area contributed by atoms with Gasteiger partial charge in [0.25, 0.3) is 0 Å². The van der Waals surface area contributed by atoms with Gasteiger partial charge in [0.15, 0.2) is 5.83 Å². The maximum Gasteiger partial charge on any atom is 0.445 e. The van der Waals surface area contributed by atoms with Crippen molar-refractivity contribution in [3.05, 3.63) is 23.6 Å². The molecule has 0 saturated carbocycles. The van der Waals surface area contributed by atoms with Gasteiger partial charge in [0, 0.05) is 6.42 Å². The third-order valence-electron chi connectivity index (χ3n) is 1.31. The molecule has 0 unspecified atom stereocenters. The minimum Gasteiger partial charge on any atom is -0.209 e. The fourth-order valence-corrected chi connectivity index (χ4v) is 0.443. The number of halogens is 8. The van der Waals surface area contributed by atoms with Gasteiger partial charge < -0.3 is 0 Å². The van der Waals surface area contributed by atoms with Crippen molar-refractivity contribution in [2.24, 2.45) is 0 Å². The summed E-state index contributed by atoms with van der Waals surface area (Å²) in [5.74, 6) is -5.71. The summed E-state index contributed by atoms with van der Waals surface area (Å²) < 4.78 is 90.4. The molecule has 0 N–H and O–H groups in total. The summed E-state index contributed by atoms with van der Waals surface area (Å²) in [7, 11) is 0. The average molecular weight is 270 g/mol. The lowest BCUT2D eigenvalue weighted by molar-refractivity contribution is -0.111. The minimum absolute atomic E-state index is 0.220. The summed E-state index contributed by atoms with van der Waals surface area (Å²) in [5.41, 5.74) is 0. The lowest BCUT2D eigenvalue weighted by atomic mass is 10.3. The van der Waals surface area contributed by atoms with Crippen LogP contribution in [0.25, 0.3) is 0 Å². The topological polar surface area (TPSA) is 0 Å². The van der Waals surface area contributed by atoms with E-state index in [4.69, 9.17) is 0 Å². The lowest BCUT2D eigenvalue weighted by Crippen LogP contribution is -2.09. The second-order valence-electron chi connectivity index (χ2n) is 2.59. The summed E-state index contributed by atoms with van der Waals surface area (Å²) in [4.78, 5) is 0. The van der Waals surface area contributed by atoms with Crippen LogP contribution >= 0.6 is 0 Å². The largest absolute Gasteiger partial charge is 0.445 e. The highest BCUT2D eigenvalue weighted by molar-refractivity contribution is 5.04. The first-order valence-electron chi connectivity index (χ1n) is 4.38. The number of hydrogen-bond donors (Lipinski definition) is 0. The molecule has 0 amide bonds. The molecule has 17 heavy (non-hydrogen) atoms. The van der Waals surface area contributed by atoms with Crippen LogP contribution in [-0.4, -0.2) is 6.18 Å². The third kappa shape index (κ3) is 8.70. The van der Waals surface area contributed by atoms with Crippen molar-refractivity contribution >= 4 is 0 Å². The van der Waals surface area contributed by atoms with E-state index >= 15 is 0 Å². The van der Waals surface area contributed by atoms with Crippen molar-refractivity contribution in [3.8, 4) is 0 Å². The molecule has 0 saturated heterocycles. The van der Waals surface area contributed by atoms with Crippen LogP contribution in [0.1, 0.15) is 26.7 Å². The minimum atomic E-state index is -5.18. The Labute approximate surface area is 92.6 Å². The first-order chi connectivity index (χ1) is 7.57. The number of rotatable bonds is 2. The fraction of sp³-hybridized carbons (Fsp3) is 0.556. The fourth-order valence-electron chi connectivity index (χ4n) is 0.443. The third-order valence-corrected chi connectivity index (χ3v) is 1.31. The summed E-state index contributed by atoms with van der Waals surface area (Å²) in [6.45, 7) is 2.43. The van der Waals surface area contributed by atoms with Gasteiger partial charge in [0.05, 0.1) is 0 Å². The molecule has 0 spiro atoms. The van der Waals surface area contributed by atoms with Gasteiger partial charge in [0.2, 0.25) is 5.83 Å². The summed E-state index contributed by atoms with van der Waals surface area (Å²) in [6, 6.07) is 0. The van der Waals surface area contributed by atoms with Gasteiger partial charge in [-0.2, -0.15) is 26.3 Å². The van der Waals surface area contributed by atoms with E-state index < -0.39 is 36.2 Å². The Kier molecular flexibility index (Phi) is 8.69. The highest BCUT2D eigenvalue weighted by atomic mass is 19.4. The SMILES string of the molecule is CC/C(F)=C(\F)C(F)(F)F.CCC(F)=C(F)F. The van der Waals surface area contributed by atoms with Gasteiger partial charge in [-0.15, -0.1) is 0 Å². The molecule has 0 aromatic carbocycles. The molecule has 8 heteroatoms. The monoisotopic (exact) mass is 270 g/mol. The predicted octanol–water partition coefficient (Wildman–Crippen LogP) is 5.58. The molecule has 0 aliphatic rings. The molecule has 102 valence electrons. The van der Waals surface area contributed by atoms with Crippen LogP contribution in [0, 0.1) is 0 Å². The number of hydrogen-bond acceptors (Lipinski definition) is 0. The van der Waals surface area contributed by atoms with Crippen LogP contribution < -0.4 is 0 Å². The van der Waals surface area contributed by atoms with Crippen LogP contribution in [-0.2, 0) is 0 Å². The van der Waals surface area contributed by atoms with E-state index in [0.717, 1.165) is 6.92 Å². The normalized spacial score (nSPS) is 12.4. The zero-order valence-corrected chi connectivity index (χ0v) is 8.94. The van der Waals surface area contributed by atoms with Gasteiger partial charge in [-0.3, -0.25) is 0 Å². The molecular formula is C9H10F8. The van der Waals surface area contributed by atoms with Crippen molar-refractivity contribution < 1.29 is 35.1 Å². The highest BCUT2D eigenvalue weighted by Gasteiger charge is 2.37. The molecule has 0 aromatic rings. The zero-order valence-electron chi connectivity index (χ0n) is 8.94. The van der Waals surface area contributed by atoms with Crippen molar-refractivity contribution in [2.75, 3.05) is 0 Å². The molecule has 0 nitrogen and oxygen atoms in total. The molecule has 0 aliphatic carbocycles. The van der Waals surface area contributed by atoms with E-state index in [-0.39, 0.29) is 6.42 Å². The second-order valence-corrected chi connectivity index (χ2v) is 2.59. The summed E-state index contributed by atoms with van der Waals surface area (Å²) in [6.07, 6.45) is -8.18. The predicted molar refractivity (Wildman–Crippen MR) is 46.2 cm³/mol. The Morgan fingerprint density at radius 1 is 0.765 bits per heavy atom. The lowest BCUT2D eigenvalue weighted by Gasteiger charge is -2.02. The second kappa shape index (κ2) is 8.08. The Hall–Kier alpha value is -1.08. The van der Waals surface area contributed by atoms with Crippen molar-refractivity contribution in [2.45, 2.75) is 32.9 Å². The van der Waals surface area contributed by atoms with Crippen LogP contribution in [0.3, 0.4) is 0 Å². The molecule has 0 heterocycles. The molecular weight excluding hydrogens is 260 g/mol. The first kappa shape index (κ1) is 18.3. The van der Waals surface area contributed by atoms with Gasteiger partial charge in [-0.05, 0) is 6.42 Å². The summed E-state index contributed by atoms with van der Waals surface area (Å²) in [5, 5.41) is 0. The molecule has 0 aromatic heterocycles. The molecule has 0 rings (SSSR count). The van der Waals surface area contributed by atoms with Gasteiger partial charge in [0.1, 0.15) is 5.83 Å². The van der Waals surface area contributed by atoms with E-state index in [1.807, 2.05) is 0 Å². The Morgan fingerprint density at radius 3 is 1.18 bits per heavy atom. The van der Waals surface area contributed by atoms with E-state index in [0.29, 0.717) is 0 Å². The van der Waals surface area contributed by atoms with Gasteiger partial charge in [-0.1, -0.05) is 13.8 Å². The van der Waals surface area contributed by atoms with Crippen molar-refractivity contribution in [3.63, 3.8) is 0 Å². The average Bonchev–Trinajstić information content (AvgIpc) is 2.25. The molecule has 0 atom stereocenters. The molecule has 0 bridgehead atoms. The van der Waals surface area contributed by atoms with Crippen LogP contribution in [0.5, 0.6) is 0 Å². The smallest absolute Gasteiger partial charge is 0.209 e. The standard InChI is InChI=1S/C5H5F5.C4H5F3/c1-2-3(6)4(7)5(8,9)10;1-2-3(5)4(6)7/h2H2,1H3;2H2,1H3/b4-3+;. The van der Waals surface area contributed by atoms with Gasteiger partial charge in [-0.25, -0.2) is 8.78 Å². The van der Waals surface area contributed by atoms with Crippen LogP contribution in [0.15, 0.2) is 23.6 Å². The zero-order chi connectivity index (χ0) is 14.2. The van der Waals surface area contributed by atoms with E-state index in [9.17, 15) is 35.1 Å². The van der Waals surface area contributed by atoms with E-state index in [1.54, 1.807) is 0 Å². The molecule has 0 radical (unpaired) electrons. The van der Waals surface area contributed by atoms with Crippen molar-refractivity contribution in [1.29, 1.82) is 0 Å².